The number of rotatable bonds is 6. The largest absolute Gasteiger partial charge is 0.508 e. The van der Waals surface area contributed by atoms with E-state index in [9.17, 15) is 9.90 Å². The zero-order chi connectivity index (χ0) is 15.1. The molecule has 21 heavy (non-hydrogen) atoms. The average Bonchev–Trinajstić information content (AvgIpc) is 2.52. The van der Waals surface area contributed by atoms with Crippen molar-refractivity contribution < 1.29 is 14.6 Å². The summed E-state index contributed by atoms with van der Waals surface area (Å²) in [7, 11) is 0. The van der Waals surface area contributed by atoms with E-state index in [2.05, 4.69) is 5.32 Å². The predicted molar refractivity (Wildman–Crippen MR) is 81.5 cm³/mol. The van der Waals surface area contributed by atoms with Crippen molar-refractivity contribution in [1.29, 1.82) is 0 Å². The number of nitrogens with one attached hydrogen (secondary N) is 1. The molecule has 0 aliphatic heterocycles. The molecule has 0 aromatic heterocycles. The zero-order valence-electron chi connectivity index (χ0n) is 12.0. The summed E-state index contributed by atoms with van der Waals surface area (Å²) in [4.78, 5) is 12.1. The van der Waals surface area contributed by atoms with Gasteiger partial charge in [0.1, 0.15) is 11.5 Å². The Labute approximate surface area is 124 Å². The molecule has 4 nitrogen and oxygen atoms in total. The van der Waals surface area contributed by atoms with Crippen molar-refractivity contribution in [3.8, 4) is 11.5 Å². The lowest BCUT2D eigenvalue weighted by atomic mass is 10.1. The third kappa shape index (κ3) is 4.24. The third-order valence-corrected chi connectivity index (χ3v) is 3.00. The standard InChI is InChI=1S/C17H19NO3/c1-2-10-21-15-8-5-7-13(11-15)17(20)18-12-14-6-3-4-9-16(14)19/h3-9,11,19H,2,10,12H2,1H3,(H,18,20). The molecule has 2 N–H and O–H groups in total. The van der Waals surface area contributed by atoms with Gasteiger partial charge in [0.15, 0.2) is 0 Å². The maximum absolute atomic E-state index is 12.1. The molecular formula is C17H19NO3. The Hall–Kier alpha value is -2.49. The molecule has 0 aliphatic carbocycles. The number of para-hydroxylation sites is 1. The topological polar surface area (TPSA) is 58.6 Å². The molecule has 110 valence electrons. The van der Waals surface area contributed by atoms with Crippen LogP contribution in [0.3, 0.4) is 0 Å². The Morgan fingerprint density at radius 2 is 2.00 bits per heavy atom. The third-order valence-electron chi connectivity index (χ3n) is 3.00. The second-order valence-corrected chi connectivity index (χ2v) is 4.69. The molecular weight excluding hydrogens is 266 g/mol. The lowest BCUT2D eigenvalue weighted by molar-refractivity contribution is 0.0950. The highest BCUT2D eigenvalue weighted by molar-refractivity contribution is 5.94. The Kier molecular flexibility index (Phi) is 5.21. The highest BCUT2D eigenvalue weighted by atomic mass is 16.5. The first-order chi connectivity index (χ1) is 10.2. The van der Waals surface area contributed by atoms with Crippen molar-refractivity contribution in [1.82, 2.24) is 5.32 Å². The molecule has 0 fully saturated rings. The van der Waals surface area contributed by atoms with Crippen LogP contribution in [0.4, 0.5) is 0 Å². The Balaban J connectivity index is 1.98. The predicted octanol–water partition coefficient (Wildman–Crippen LogP) is 3.11. The van der Waals surface area contributed by atoms with Crippen LogP contribution in [-0.4, -0.2) is 17.6 Å². The Morgan fingerprint density at radius 1 is 1.19 bits per heavy atom. The molecule has 1 amide bonds. The molecule has 2 aromatic rings. The molecule has 0 heterocycles. The molecule has 4 heteroatoms. The highest BCUT2D eigenvalue weighted by Gasteiger charge is 2.07. The van der Waals surface area contributed by atoms with Crippen molar-refractivity contribution in [3.05, 3.63) is 59.7 Å². The minimum atomic E-state index is -0.194. The van der Waals surface area contributed by atoms with E-state index in [0.29, 0.717) is 23.5 Å². The molecule has 0 aliphatic rings. The van der Waals surface area contributed by atoms with Gasteiger partial charge >= 0.3 is 0 Å². The molecule has 0 unspecified atom stereocenters. The molecule has 0 atom stereocenters. The van der Waals surface area contributed by atoms with E-state index < -0.39 is 0 Å². The summed E-state index contributed by atoms with van der Waals surface area (Å²) in [6.45, 7) is 2.94. The van der Waals surface area contributed by atoms with Crippen molar-refractivity contribution in [2.24, 2.45) is 0 Å². The summed E-state index contributed by atoms with van der Waals surface area (Å²) in [6.07, 6.45) is 0.920. The number of carbonyl (C=O) groups is 1. The number of phenolic OH excluding ortho intramolecular Hbond substituents is 1. The van der Waals surface area contributed by atoms with Crippen LogP contribution in [0, 0.1) is 0 Å². The second-order valence-electron chi connectivity index (χ2n) is 4.69. The van der Waals surface area contributed by atoms with Crippen LogP contribution >= 0.6 is 0 Å². The Morgan fingerprint density at radius 3 is 2.76 bits per heavy atom. The molecule has 0 saturated heterocycles. The lowest BCUT2D eigenvalue weighted by Gasteiger charge is -2.09. The summed E-state index contributed by atoms with van der Waals surface area (Å²) >= 11 is 0. The van der Waals surface area contributed by atoms with E-state index in [0.717, 1.165) is 6.42 Å². The number of benzene rings is 2. The van der Waals surface area contributed by atoms with Crippen LogP contribution in [0.1, 0.15) is 29.3 Å². The number of ether oxygens (including phenoxy) is 1. The molecule has 0 spiro atoms. The van der Waals surface area contributed by atoms with Crippen LogP contribution in [0.25, 0.3) is 0 Å². The number of hydrogen-bond acceptors (Lipinski definition) is 3. The van der Waals surface area contributed by atoms with Crippen molar-refractivity contribution in [2.45, 2.75) is 19.9 Å². The molecule has 2 aromatic carbocycles. The first-order valence-electron chi connectivity index (χ1n) is 6.98. The van der Waals surface area contributed by atoms with Crippen LogP contribution in [0.15, 0.2) is 48.5 Å². The Bertz CT molecular complexity index is 610. The first-order valence-corrected chi connectivity index (χ1v) is 6.98. The fraction of sp³-hybridized carbons (Fsp3) is 0.235. The smallest absolute Gasteiger partial charge is 0.251 e. The van der Waals surface area contributed by atoms with E-state index in [1.807, 2.05) is 19.1 Å². The van der Waals surface area contributed by atoms with Gasteiger partial charge in [0.25, 0.3) is 5.91 Å². The summed E-state index contributed by atoms with van der Waals surface area (Å²) in [6, 6.07) is 14.0. The van der Waals surface area contributed by atoms with Gasteiger partial charge in [-0.1, -0.05) is 31.2 Å². The summed E-state index contributed by atoms with van der Waals surface area (Å²) in [5.41, 5.74) is 1.23. The first kappa shape index (κ1) is 14.9. The highest BCUT2D eigenvalue weighted by Crippen LogP contribution is 2.16. The van der Waals surface area contributed by atoms with Crippen molar-refractivity contribution in [3.63, 3.8) is 0 Å². The fourth-order valence-electron chi connectivity index (χ4n) is 1.88. The van der Waals surface area contributed by atoms with E-state index in [1.165, 1.54) is 0 Å². The number of phenols is 1. The summed E-state index contributed by atoms with van der Waals surface area (Å²) in [5, 5.41) is 12.4. The van der Waals surface area contributed by atoms with Crippen LogP contribution in [0.5, 0.6) is 11.5 Å². The monoisotopic (exact) mass is 285 g/mol. The van der Waals surface area contributed by atoms with Gasteiger partial charge in [-0.05, 0) is 30.7 Å². The van der Waals surface area contributed by atoms with Crippen LogP contribution in [-0.2, 0) is 6.54 Å². The lowest BCUT2D eigenvalue weighted by Crippen LogP contribution is -2.22. The van der Waals surface area contributed by atoms with Crippen LogP contribution in [0.2, 0.25) is 0 Å². The van der Waals surface area contributed by atoms with Gasteiger partial charge in [0.2, 0.25) is 0 Å². The molecule has 0 bridgehead atoms. The molecule has 0 saturated carbocycles. The zero-order valence-corrected chi connectivity index (χ0v) is 12.0. The maximum atomic E-state index is 12.1. The SMILES string of the molecule is CCCOc1cccc(C(=O)NCc2ccccc2O)c1. The van der Waals surface area contributed by atoms with E-state index in [-0.39, 0.29) is 18.2 Å². The van der Waals surface area contributed by atoms with Gasteiger partial charge in [0, 0.05) is 17.7 Å². The molecule has 0 radical (unpaired) electrons. The minimum Gasteiger partial charge on any atom is -0.508 e. The number of amides is 1. The second kappa shape index (κ2) is 7.33. The fourth-order valence-corrected chi connectivity index (χ4v) is 1.88. The van der Waals surface area contributed by atoms with Gasteiger partial charge in [-0.25, -0.2) is 0 Å². The van der Waals surface area contributed by atoms with Crippen LogP contribution < -0.4 is 10.1 Å². The van der Waals surface area contributed by atoms with Crippen molar-refractivity contribution >= 4 is 5.91 Å². The summed E-state index contributed by atoms with van der Waals surface area (Å²) in [5.74, 6) is 0.671. The van der Waals surface area contributed by atoms with Gasteiger partial charge in [-0.15, -0.1) is 0 Å². The van der Waals surface area contributed by atoms with E-state index >= 15 is 0 Å². The van der Waals surface area contributed by atoms with Gasteiger partial charge in [-0.3, -0.25) is 4.79 Å². The minimum absolute atomic E-state index is 0.179. The maximum Gasteiger partial charge on any atom is 0.251 e. The molecule has 2 rings (SSSR count). The van der Waals surface area contributed by atoms with Gasteiger partial charge in [-0.2, -0.15) is 0 Å². The quantitative estimate of drug-likeness (QED) is 0.857. The summed E-state index contributed by atoms with van der Waals surface area (Å²) < 4.78 is 5.51. The van der Waals surface area contributed by atoms with Gasteiger partial charge < -0.3 is 15.2 Å². The normalized spacial score (nSPS) is 10.1. The average molecular weight is 285 g/mol. The van der Waals surface area contributed by atoms with E-state index in [4.69, 9.17) is 4.74 Å². The van der Waals surface area contributed by atoms with Crippen molar-refractivity contribution in [2.75, 3.05) is 6.61 Å². The number of aromatic hydroxyl groups is 1. The van der Waals surface area contributed by atoms with Gasteiger partial charge in [0.05, 0.1) is 6.61 Å². The number of hydrogen-bond donors (Lipinski definition) is 2. The number of carbonyl (C=O) groups excluding carboxylic acids is 1. The van der Waals surface area contributed by atoms with E-state index in [1.54, 1.807) is 36.4 Å².